The zero-order valence-electron chi connectivity index (χ0n) is 7.42. The second-order valence-corrected chi connectivity index (χ2v) is 2.25. The Hall–Kier alpha value is -1.10. The highest BCUT2D eigenvalue weighted by Gasteiger charge is 2.14. The SMILES string of the molecule is COCC(=O)NC(C)C(=O)OC. The van der Waals surface area contributed by atoms with Gasteiger partial charge in [-0.15, -0.1) is 0 Å². The molecule has 1 N–H and O–H groups in total. The van der Waals surface area contributed by atoms with Crippen molar-refractivity contribution in [3.8, 4) is 0 Å². The quantitative estimate of drug-likeness (QED) is 0.574. The van der Waals surface area contributed by atoms with Crippen molar-refractivity contribution >= 4 is 11.9 Å². The Labute approximate surface area is 71.0 Å². The maximum absolute atomic E-state index is 10.8. The monoisotopic (exact) mass is 175 g/mol. The first-order chi connectivity index (χ1) is 5.61. The van der Waals surface area contributed by atoms with Crippen LogP contribution in [0.2, 0.25) is 0 Å². The predicted octanol–water partition coefficient (Wildman–Crippen LogP) is -0.689. The van der Waals surface area contributed by atoms with Gasteiger partial charge in [-0.3, -0.25) is 4.79 Å². The number of nitrogens with one attached hydrogen (secondary N) is 1. The Balaban J connectivity index is 3.75. The molecule has 0 heterocycles. The molecule has 1 atom stereocenters. The van der Waals surface area contributed by atoms with Gasteiger partial charge in [0.15, 0.2) is 0 Å². The summed E-state index contributed by atoms with van der Waals surface area (Å²) >= 11 is 0. The van der Waals surface area contributed by atoms with Crippen LogP contribution in [0.4, 0.5) is 0 Å². The summed E-state index contributed by atoms with van der Waals surface area (Å²) in [6.45, 7) is 1.49. The second kappa shape index (κ2) is 5.54. The normalized spacial score (nSPS) is 11.9. The van der Waals surface area contributed by atoms with E-state index < -0.39 is 12.0 Å². The maximum atomic E-state index is 10.8. The molecule has 0 aromatic carbocycles. The Morgan fingerprint density at radius 1 is 1.42 bits per heavy atom. The van der Waals surface area contributed by atoms with Gasteiger partial charge in [0.05, 0.1) is 7.11 Å². The van der Waals surface area contributed by atoms with Crippen molar-refractivity contribution in [3.05, 3.63) is 0 Å². The van der Waals surface area contributed by atoms with Crippen molar-refractivity contribution in [2.75, 3.05) is 20.8 Å². The summed E-state index contributed by atoms with van der Waals surface area (Å²) in [5.41, 5.74) is 0. The molecule has 12 heavy (non-hydrogen) atoms. The van der Waals surface area contributed by atoms with E-state index in [1.807, 2.05) is 0 Å². The summed E-state index contributed by atoms with van der Waals surface area (Å²) in [4.78, 5) is 21.6. The molecule has 0 aromatic rings. The van der Waals surface area contributed by atoms with E-state index in [0.29, 0.717) is 0 Å². The van der Waals surface area contributed by atoms with Crippen molar-refractivity contribution in [1.82, 2.24) is 5.32 Å². The standard InChI is InChI=1S/C7H13NO4/c1-5(7(10)12-3)8-6(9)4-11-2/h5H,4H2,1-3H3,(H,8,9). The Morgan fingerprint density at radius 3 is 2.42 bits per heavy atom. The van der Waals surface area contributed by atoms with E-state index in [0.717, 1.165) is 0 Å². The van der Waals surface area contributed by atoms with Crippen molar-refractivity contribution in [1.29, 1.82) is 0 Å². The number of amides is 1. The van der Waals surface area contributed by atoms with Gasteiger partial charge in [-0.1, -0.05) is 0 Å². The van der Waals surface area contributed by atoms with Gasteiger partial charge in [0.1, 0.15) is 12.6 Å². The minimum Gasteiger partial charge on any atom is -0.467 e. The van der Waals surface area contributed by atoms with Crippen molar-refractivity contribution in [3.63, 3.8) is 0 Å². The van der Waals surface area contributed by atoms with Crippen LogP contribution in [-0.4, -0.2) is 38.7 Å². The van der Waals surface area contributed by atoms with E-state index in [-0.39, 0.29) is 12.5 Å². The second-order valence-electron chi connectivity index (χ2n) is 2.25. The molecule has 0 spiro atoms. The van der Waals surface area contributed by atoms with Crippen LogP contribution >= 0.6 is 0 Å². The third kappa shape index (κ3) is 3.92. The van der Waals surface area contributed by atoms with Crippen LogP contribution in [0.25, 0.3) is 0 Å². The van der Waals surface area contributed by atoms with Crippen LogP contribution in [0.3, 0.4) is 0 Å². The highest BCUT2D eigenvalue weighted by atomic mass is 16.5. The molecule has 1 amide bonds. The van der Waals surface area contributed by atoms with Crippen LogP contribution < -0.4 is 5.32 Å². The molecule has 0 aliphatic carbocycles. The zero-order chi connectivity index (χ0) is 9.56. The number of ether oxygens (including phenoxy) is 2. The number of methoxy groups -OCH3 is 2. The average molecular weight is 175 g/mol. The van der Waals surface area contributed by atoms with E-state index in [1.165, 1.54) is 14.2 Å². The van der Waals surface area contributed by atoms with Gasteiger partial charge >= 0.3 is 5.97 Å². The molecule has 0 radical (unpaired) electrons. The molecule has 0 aliphatic rings. The third-order valence-corrected chi connectivity index (χ3v) is 1.21. The predicted molar refractivity (Wildman–Crippen MR) is 41.5 cm³/mol. The Morgan fingerprint density at radius 2 is 2.00 bits per heavy atom. The fraction of sp³-hybridized carbons (Fsp3) is 0.714. The molecule has 0 saturated carbocycles. The van der Waals surface area contributed by atoms with Crippen molar-refractivity contribution in [2.45, 2.75) is 13.0 Å². The van der Waals surface area contributed by atoms with Crippen LogP contribution in [0.1, 0.15) is 6.92 Å². The smallest absolute Gasteiger partial charge is 0.328 e. The lowest BCUT2D eigenvalue weighted by Gasteiger charge is -2.10. The highest BCUT2D eigenvalue weighted by Crippen LogP contribution is 1.85. The molecule has 5 heteroatoms. The molecular formula is C7H13NO4. The molecule has 0 saturated heterocycles. The molecule has 0 aliphatic heterocycles. The summed E-state index contributed by atoms with van der Waals surface area (Å²) in [6, 6.07) is -0.627. The van der Waals surface area contributed by atoms with Crippen LogP contribution in [0, 0.1) is 0 Å². The summed E-state index contributed by atoms with van der Waals surface area (Å²) in [6.07, 6.45) is 0. The van der Waals surface area contributed by atoms with E-state index >= 15 is 0 Å². The molecule has 5 nitrogen and oxygen atoms in total. The van der Waals surface area contributed by atoms with Gasteiger partial charge in [0.2, 0.25) is 5.91 Å². The fourth-order valence-corrected chi connectivity index (χ4v) is 0.650. The molecule has 70 valence electrons. The molecule has 0 bridgehead atoms. The van der Waals surface area contributed by atoms with Gasteiger partial charge in [-0.05, 0) is 6.92 Å². The number of carbonyl (C=O) groups excluding carboxylic acids is 2. The number of carbonyl (C=O) groups is 2. The number of hydrogen-bond donors (Lipinski definition) is 1. The minimum atomic E-state index is -0.627. The Bertz CT molecular complexity index is 169. The van der Waals surface area contributed by atoms with Gasteiger partial charge in [0.25, 0.3) is 0 Å². The van der Waals surface area contributed by atoms with Gasteiger partial charge in [-0.25, -0.2) is 4.79 Å². The van der Waals surface area contributed by atoms with Crippen LogP contribution in [0.5, 0.6) is 0 Å². The maximum Gasteiger partial charge on any atom is 0.328 e. The highest BCUT2D eigenvalue weighted by molar-refractivity contribution is 5.84. The molecular weight excluding hydrogens is 162 g/mol. The summed E-state index contributed by atoms with van der Waals surface area (Å²) in [5.74, 6) is -0.810. The van der Waals surface area contributed by atoms with E-state index in [4.69, 9.17) is 0 Å². The minimum absolute atomic E-state index is 0.0542. The first-order valence-electron chi connectivity index (χ1n) is 3.48. The van der Waals surface area contributed by atoms with E-state index in [2.05, 4.69) is 14.8 Å². The topological polar surface area (TPSA) is 64.6 Å². The number of esters is 1. The number of hydrogen-bond acceptors (Lipinski definition) is 4. The van der Waals surface area contributed by atoms with Gasteiger partial charge in [0, 0.05) is 7.11 Å². The zero-order valence-corrected chi connectivity index (χ0v) is 7.42. The fourth-order valence-electron chi connectivity index (χ4n) is 0.650. The van der Waals surface area contributed by atoms with Gasteiger partial charge < -0.3 is 14.8 Å². The van der Waals surface area contributed by atoms with E-state index in [1.54, 1.807) is 6.92 Å². The van der Waals surface area contributed by atoms with E-state index in [9.17, 15) is 9.59 Å². The van der Waals surface area contributed by atoms with Crippen molar-refractivity contribution in [2.24, 2.45) is 0 Å². The molecule has 0 rings (SSSR count). The lowest BCUT2D eigenvalue weighted by atomic mass is 10.3. The largest absolute Gasteiger partial charge is 0.467 e. The first-order valence-corrected chi connectivity index (χ1v) is 3.48. The van der Waals surface area contributed by atoms with Crippen LogP contribution in [-0.2, 0) is 19.1 Å². The summed E-state index contributed by atoms with van der Waals surface area (Å²) < 4.78 is 8.95. The van der Waals surface area contributed by atoms with Crippen molar-refractivity contribution < 1.29 is 19.1 Å². The summed E-state index contributed by atoms with van der Waals surface area (Å²) in [7, 11) is 2.67. The number of rotatable bonds is 4. The lowest BCUT2D eigenvalue weighted by Crippen LogP contribution is -2.40. The first kappa shape index (κ1) is 10.9. The molecule has 0 fully saturated rings. The molecule has 1 unspecified atom stereocenters. The van der Waals surface area contributed by atoms with Crippen LogP contribution in [0.15, 0.2) is 0 Å². The van der Waals surface area contributed by atoms with Gasteiger partial charge in [-0.2, -0.15) is 0 Å². The summed E-state index contributed by atoms with van der Waals surface area (Å²) in [5, 5.41) is 2.39. The average Bonchev–Trinajstić information content (AvgIpc) is 2.03. The lowest BCUT2D eigenvalue weighted by molar-refractivity contribution is -0.144. The molecule has 0 aromatic heterocycles. The Kier molecular flexibility index (Phi) is 5.03. The third-order valence-electron chi connectivity index (χ3n) is 1.21.